The number of hydrogen-bond acceptors (Lipinski definition) is 3. The maximum Gasteiger partial charge on any atom is 0.257 e. The summed E-state index contributed by atoms with van der Waals surface area (Å²) in [5.41, 5.74) is 0.389. The van der Waals surface area contributed by atoms with E-state index in [0.29, 0.717) is 5.56 Å². The third-order valence-corrected chi connectivity index (χ3v) is 4.69. The van der Waals surface area contributed by atoms with Gasteiger partial charge < -0.3 is 14.9 Å². The number of amides is 1. The number of hydrogen-bond donors (Lipinski definition) is 1. The Morgan fingerprint density at radius 2 is 1.86 bits per heavy atom. The van der Waals surface area contributed by atoms with Gasteiger partial charge in [0.1, 0.15) is 5.75 Å². The lowest BCUT2D eigenvalue weighted by molar-refractivity contribution is 0.0657. The zero-order valence-electron chi connectivity index (χ0n) is 13.1. The Kier molecular flexibility index (Phi) is 4.03. The van der Waals surface area contributed by atoms with Gasteiger partial charge in [-0.2, -0.15) is 0 Å². The third-order valence-electron chi connectivity index (χ3n) is 4.69. The Morgan fingerprint density at radius 1 is 1.18 bits per heavy atom. The highest BCUT2D eigenvalue weighted by atomic mass is 16.3. The van der Waals surface area contributed by atoms with Gasteiger partial charge in [-0.25, -0.2) is 0 Å². The maximum absolute atomic E-state index is 12.7. The first kappa shape index (κ1) is 14.9. The minimum atomic E-state index is -0.0993. The number of carbonyl (C=O) groups is 1. The molecule has 3 rings (SSSR count). The summed E-state index contributed by atoms with van der Waals surface area (Å²) in [6.07, 6.45) is 1.96. The van der Waals surface area contributed by atoms with E-state index in [1.54, 1.807) is 11.0 Å². The lowest BCUT2D eigenvalue weighted by Gasteiger charge is -2.35. The highest BCUT2D eigenvalue weighted by Gasteiger charge is 2.26. The Morgan fingerprint density at radius 3 is 2.59 bits per heavy atom. The van der Waals surface area contributed by atoms with Crippen LogP contribution in [0.3, 0.4) is 0 Å². The molecule has 0 atom stereocenters. The summed E-state index contributed by atoms with van der Waals surface area (Å²) < 4.78 is 0. The SMILES string of the molecule is CN1CCC(N(C)C(=O)c2ccc3ccccc3c2O)CC1. The molecule has 22 heavy (non-hydrogen) atoms. The lowest BCUT2D eigenvalue weighted by Crippen LogP contribution is -2.44. The van der Waals surface area contributed by atoms with Crippen LogP contribution in [0.15, 0.2) is 36.4 Å². The zero-order chi connectivity index (χ0) is 15.7. The number of nitrogens with zero attached hydrogens (tertiary/aromatic N) is 2. The molecule has 1 fully saturated rings. The largest absolute Gasteiger partial charge is 0.506 e. The molecule has 2 aromatic rings. The van der Waals surface area contributed by atoms with Crippen LogP contribution in [-0.4, -0.2) is 54.0 Å². The molecule has 0 spiro atoms. The first-order chi connectivity index (χ1) is 10.6. The smallest absolute Gasteiger partial charge is 0.257 e. The molecule has 1 aliphatic rings. The van der Waals surface area contributed by atoms with Crippen LogP contribution in [0.5, 0.6) is 5.75 Å². The number of rotatable bonds is 2. The summed E-state index contributed by atoms with van der Waals surface area (Å²) in [7, 11) is 3.94. The number of phenols is 1. The van der Waals surface area contributed by atoms with Crippen molar-refractivity contribution >= 4 is 16.7 Å². The minimum Gasteiger partial charge on any atom is -0.506 e. The number of piperidine rings is 1. The maximum atomic E-state index is 12.7. The molecule has 4 nitrogen and oxygen atoms in total. The molecule has 2 aromatic carbocycles. The molecule has 1 saturated heterocycles. The predicted molar refractivity (Wildman–Crippen MR) is 88.2 cm³/mol. The normalized spacial score (nSPS) is 16.8. The Balaban J connectivity index is 1.87. The monoisotopic (exact) mass is 298 g/mol. The predicted octanol–water partition coefficient (Wildman–Crippen LogP) is 2.71. The molecule has 0 aliphatic carbocycles. The second kappa shape index (κ2) is 5.97. The van der Waals surface area contributed by atoms with E-state index < -0.39 is 0 Å². The van der Waals surface area contributed by atoms with E-state index in [0.717, 1.165) is 36.7 Å². The van der Waals surface area contributed by atoms with E-state index in [2.05, 4.69) is 11.9 Å². The molecule has 116 valence electrons. The van der Waals surface area contributed by atoms with Gasteiger partial charge in [0.25, 0.3) is 5.91 Å². The van der Waals surface area contributed by atoms with Gasteiger partial charge in [0.15, 0.2) is 0 Å². The topological polar surface area (TPSA) is 43.8 Å². The van der Waals surface area contributed by atoms with E-state index in [1.807, 2.05) is 37.4 Å². The standard InChI is InChI=1S/C18H22N2O2/c1-19-11-9-14(10-12-19)20(2)18(22)16-8-7-13-5-3-4-6-15(13)17(16)21/h3-8,14,21H,9-12H2,1-2H3. The Labute approximate surface area is 131 Å². The van der Waals surface area contributed by atoms with Gasteiger partial charge >= 0.3 is 0 Å². The number of aromatic hydroxyl groups is 1. The average molecular weight is 298 g/mol. The van der Waals surface area contributed by atoms with Crippen LogP contribution in [-0.2, 0) is 0 Å². The Bertz CT molecular complexity index is 691. The fourth-order valence-electron chi connectivity index (χ4n) is 3.17. The van der Waals surface area contributed by atoms with E-state index in [-0.39, 0.29) is 17.7 Å². The summed E-state index contributed by atoms with van der Waals surface area (Å²) in [5, 5.41) is 12.1. The average Bonchev–Trinajstić information content (AvgIpc) is 2.55. The van der Waals surface area contributed by atoms with Crippen LogP contribution in [0.4, 0.5) is 0 Å². The number of carbonyl (C=O) groups excluding carboxylic acids is 1. The molecular weight excluding hydrogens is 276 g/mol. The molecule has 0 unspecified atom stereocenters. The molecule has 1 N–H and O–H groups in total. The number of likely N-dealkylation sites (tertiary alicyclic amines) is 1. The van der Waals surface area contributed by atoms with E-state index in [4.69, 9.17) is 0 Å². The quantitative estimate of drug-likeness (QED) is 0.927. The van der Waals surface area contributed by atoms with E-state index in [9.17, 15) is 9.90 Å². The number of fused-ring (bicyclic) bond motifs is 1. The van der Waals surface area contributed by atoms with Gasteiger partial charge in [-0.15, -0.1) is 0 Å². The van der Waals surface area contributed by atoms with Gasteiger partial charge in [0.05, 0.1) is 5.56 Å². The van der Waals surface area contributed by atoms with Crippen LogP contribution in [0.25, 0.3) is 10.8 Å². The van der Waals surface area contributed by atoms with Crippen LogP contribution in [0, 0.1) is 0 Å². The van der Waals surface area contributed by atoms with Gasteiger partial charge in [-0.05, 0) is 44.4 Å². The van der Waals surface area contributed by atoms with Crippen LogP contribution < -0.4 is 0 Å². The molecule has 1 aliphatic heterocycles. The van der Waals surface area contributed by atoms with Gasteiger partial charge in [0, 0.05) is 18.5 Å². The van der Waals surface area contributed by atoms with Crippen molar-refractivity contribution in [3.05, 3.63) is 42.0 Å². The third kappa shape index (κ3) is 2.66. The molecule has 1 amide bonds. The fraction of sp³-hybridized carbons (Fsp3) is 0.389. The highest BCUT2D eigenvalue weighted by molar-refractivity contribution is 6.03. The van der Waals surface area contributed by atoms with Crippen LogP contribution >= 0.6 is 0 Å². The molecular formula is C18H22N2O2. The summed E-state index contributed by atoms with van der Waals surface area (Å²) >= 11 is 0. The zero-order valence-corrected chi connectivity index (χ0v) is 13.1. The van der Waals surface area contributed by atoms with Crippen molar-refractivity contribution in [3.8, 4) is 5.75 Å². The minimum absolute atomic E-state index is 0.0860. The second-order valence-corrected chi connectivity index (χ2v) is 6.13. The van der Waals surface area contributed by atoms with Crippen LogP contribution in [0.1, 0.15) is 23.2 Å². The number of phenolic OH excluding ortho intramolecular Hbond substituents is 1. The first-order valence-electron chi connectivity index (χ1n) is 7.74. The van der Waals surface area contributed by atoms with Crippen molar-refractivity contribution < 1.29 is 9.90 Å². The summed E-state index contributed by atoms with van der Waals surface area (Å²) in [6.45, 7) is 2.01. The molecule has 0 bridgehead atoms. The molecule has 0 saturated carbocycles. The van der Waals surface area contributed by atoms with Crippen LogP contribution in [0.2, 0.25) is 0 Å². The lowest BCUT2D eigenvalue weighted by atomic mass is 10.0. The number of benzene rings is 2. The molecule has 1 heterocycles. The summed E-state index contributed by atoms with van der Waals surface area (Å²) in [6, 6.07) is 11.4. The summed E-state index contributed by atoms with van der Waals surface area (Å²) in [4.78, 5) is 16.8. The van der Waals surface area contributed by atoms with Crippen molar-refractivity contribution in [2.75, 3.05) is 27.2 Å². The van der Waals surface area contributed by atoms with E-state index in [1.165, 1.54) is 0 Å². The van der Waals surface area contributed by atoms with E-state index >= 15 is 0 Å². The van der Waals surface area contributed by atoms with Crippen molar-refractivity contribution in [2.45, 2.75) is 18.9 Å². The van der Waals surface area contributed by atoms with Crippen molar-refractivity contribution in [1.29, 1.82) is 0 Å². The summed E-state index contributed by atoms with van der Waals surface area (Å²) in [5.74, 6) is -0.0133. The Hall–Kier alpha value is -2.07. The van der Waals surface area contributed by atoms with Crippen molar-refractivity contribution in [3.63, 3.8) is 0 Å². The van der Waals surface area contributed by atoms with Crippen molar-refractivity contribution in [2.24, 2.45) is 0 Å². The highest BCUT2D eigenvalue weighted by Crippen LogP contribution is 2.30. The molecule has 0 radical (unpaired) electrons. The second-order valence-electron chi connectivity index (χ2n) is 6.13. The van der Waals surface area contributed by atoms with Gasteiger partial charge in [0.2, 0.25) is 0 Å². The van der Waals surface area contributed by atoms with Gasteiger partial charge in [-0.1, -0.05) is 30.3 Å². The van der Waals surface area contributed by atoms with Crippen molar-refractivity contribution in [1.82, 2.24) is 9.80 Å². The molecule has 0 aromatic heterocycles. The van der Waals surface area contributed by atoms with Gasteiger partial charge in [-0.3, -0.25) is 4.79 Å². The fourth-order valence-corrected chi connectivity index (χ4v) is 3.17. The first-order valence-corrected chi connectivity index (χ1v) is 7.74. The molecule has 4 heteroatoms.